The average Bonchev–Trinajstić information content (AvgIpc) is 3.00. The Hall–Kier alpha value is -2.48. The fourth-order valence-corrected chi connectivity index (χ4v) is 3.11. The van der Waals surface area contributed by atoms with Crippen LogP contribution in [-0.4, -0.2) is 48.5 Å². The van der Waals surface area contributed by atoms with E-state index in [1.165, 1.54) is 16.2 Å². The van der Waals surface area contributed by atoms with Gasteiger partial charge in [-0.3, -0.25) is 19.5 Å². The van der Waals surface area contributed by atoms with Gasteiger partial charge in [-0.15, -0.1) is 11.3 Å². The Bertz CT molecular complexity index is 745. The summed E-state index contributed by atoms with van der Waals surface area (Å²) in [6.07, 6.45) is 1.59. The average molecular weight is 331 g/mol. The minimum absolute atomic E-state index is 0.0173. The van der Waals surface area contributed by atoms with Gasteiger partial charge in [-0.1, -0.05) is 0 Å². The lowest BCUT2D eigenvalue weighted by molar-refractivity contribution is -0.120. The van der Waals surface area contributed by atoms with Crippen molar-refractivity contribution in [3.63, 3.8) is 0 Å². The molecule has 0 bridgehead atoms. The van der Waals surface area contributed by atoms with Gasteiger partial charge in [0, 0.05) is 37.4 Å². The Labute approximate surface area is 138 Å². The summed E-state index contributed by atoms with van der Waals surface area (Å²) in [5.74, 6) is -0.237. The van der Waals surface area contributed by atoms with Crippen molar-refractivity contribution < 1.29 is 9.59 Å². The van der Waals surface area contributed by atoms with Gasteiger partial charge in [-0.2, -0.15) is 0 Å². The van der Waals surface area contributed by atoms with E-state index in [1.807, 2.05) is 23.3 Å². The molecule has 1 N–H and O–H groups in total. The standard InChI is InChI=1S/C15H17N5O2S/c1-10-9-23-15(18-10)19(2)14(22)12-7-11(3-4-16-12)20-6-5-17-13(21)8-20/h3-4,7,9H,5-6,8H2,1-2H3,(H,17,21). The summed E-state index contributed by atoms with van der Waals surface area (Å²) >= 11 is 1.42. The van der Waals surface area contributed by atoms with Crippen LogP contribution in [0, 0.1) is 6.92 Å². The second-order valence-electron chi connectivity index (χ2n) is 5.31. The molecule has 0 saturated carbocycles. The van der Waals surface area contributed by atoms with Crippen LogP contribution in [0.2, 0.25) is 0 Å². The van der Waals surface area contributed by atoms with Crippen molar-refractivity contribution in [1.82, 2.24) is 15.3 Å². The molecule has 2 amide bonds. The van der Waals surface area contributed by atoms with Crippen LogP contribution in [-0.2, 0) is 4.79 Å². The third-order valence-electron chi connectivity index (χ3n) is 3.56. The Balaban J connectivity index is 1.81. The van der Waals surface area contributed by atoms with Gasteiger partial charge in [0.05, 0.1) is 12.2 Å². The number of rotatable bonds is 3. The summed E-state index contributed by atoms with van der Waals surface area (Å²) in [5, 5.41) is 5.32. The van der Waals surface area contributed by atoms with E-state index in [0.29, 0.717) is 30.5 Å². The molecule has 2 aromatic rings. The molecule has 0 aliphatic carbocycles. The van der Waals surface area contributed by atoms with Crippen LogP contribution in [0.3, 0.4) is 0 Å². The highest BCUT2D eigenvalue weighted by Crippen LogP contribution is 2.22. The van der Waals surface area contributed by atoms with E-state index < -0.39 is 0 Å². The summed E-state index contributed by atoms with van der Waals surface area (Å²) in [4.78, 5) is 36.0. The van der Waals surface area contributed by atoms with E-state index in [4.69, 9.17) is 0 Å². The van der Waals surface area contributed by atoms with Crippen LogP contribution in [0.1, 0.15) is 16.2 Å². The summed E-state index contributed by atoms with van der Waals surface area (Å²) < 4.78 is 0. The van der Waals surface area contributed by atoms with Crippen LogP contribution in [0.4, 0.5) is 10.8 Å². The zero-order chi connectivity index (χ0) is 16.4. The number of hydrogen-bond donors (Lipinski definition) is 1. The van der Waals surface area contributed by atoms with Crippen molar-refractivity contribution in [2.45, 2.75) is 6.92 Å². The maximum atomic E-state index is 12.6. The molecular weight excluding hydrogens is 314 g/mol. The van der Waals surface area contributed by atoms with Gasteiger partial charge in [-0.05, 0) is 19.1 Å². The Kier molecular flexibility index (Phi) is 4.24. The van der Waals surface area contributed by atoms with Crippen molar-refractivity contribution in [2.24, 2.45) is 0 Å². The predicted molar refractivity (Wildman–Crippen MR) is 89.0 cm³/mol. The molecular formula is C15H17N5O2S. The van der Waals surface area contributed by atoms with Gasteiger partial charge in [0.15, 0.2) is 5.13 Å². The van der Waals surface area contributed by atoms with Crippen molar-refractivity contribution in [3.05, 3.63) is 35.1 Å². The SMILES string of the molecule is Cc1csc(N(C)C(=O)c2cc(N3CCNC(=O)C3)ccn2)n1. The van der Waals surface area contributed by atoms with Crippen molar-refractivity contribution >= 4 is 34.0 Å². The number of anilines is 2. The number of thiazole rings is 1. The summed E-state index contributed by atoms with van der Waals surface area (Å²) in [6.45, 7) is 3.49. The molecule has 3 heterocycles. The number of aryl methyl sites for hydroxylation is 1. The zero-order valence-corrected chi connectivity index (χ0v) is 13.8. The minimum Gasteiger partial charge on any atom is -0.360 e. The van der Waals surface area contributed by atoms with E-state index in [1.54, 1.807) is 19.3 Å². The molecule has 0 unspecified atom stereocenters. The predicted octanol–water partition coefficient (Wildman–Crippen LogP) is 1.06. The van der Waals surface area contributed by atoms with Crippen molar-refractivity contribution in [2.75, 3.05) is 36.5 Å². The first-order valence-electron chi connectivity index (χ1n) is 7.22. The highest BCUT2D eigenvalue weighted by molar-refractivity contribution is 7.14. The smallest absolute Gasteiger partial charge is 0.278 e. The lowest BCUT2D eigenvalue weighted by atomic mass is 10.2. The lowest BCUT2D eigenvalue weighted by Crippen LogP contribution is -2.47. The molecule has 3 rings (SSSR count). The maximum Gasteiger partial charge on any atom is 0.278 e. The molecule has 0 aromatic carbocycles. The van der Waals surface area contributed by atoms with Crippen molar-refractivity contribution in [3.8, 4) is 0 Å². The highest BCUT2D eigenvalue weighted by Gasteiger charge is 2.21. The van der Waals surface area contributed by atoms with Gasteiger partial charge in [0.2, 0.25) is 5.91 Å². The maximum absolute atomic E-state index is 12.6. The number of pyridine rings is 1. The second kappa shape index (κ2) is 6.33. The summed E-state index contributed by atoms with van der Waals surface area (Å²) in [6, 6.07) is 3.53. The Morgan fingerprint density at radius 3 is 3.00 bits per heavy atom. The number of carbonyl (C=O) groups is 2. The first kappa shape index (κ1) is 15.4. The molecule has 0 spiro atoms. The zero-order valence-electron chi connectivity index (χ0n) is 12.9. The van der Waals surface area contributed by atoms with Crippen LogP contribution in [0.5, 0.6) is 0 Å². The Morgan fingerprint density at radius 1 is 1.48 bits per heavy atom. The molecule has 0 radical (unpaired) electrons. The van der Waals surface area contributed by atoms with Crippen LogP contribution in [0.15, 0.2) is 23.7 Å². The third kappa shape index (κ3) is 3.31. The number of piperazine rings is 1. The van der Waals surface area contributed by atoms with E-state index in [-0.39, 0.29) is 11.8 Å². The third-order valence-corrected chi connectivity index (χ3v) is 4.60. The molecule has 1 aliphatic heterocycles. The number of nitrogens with zero attached hydrogens (tertiary/aromatic N) is 4. The Morgan fingerprint density at radius 2 is 2.30 bits per heavy atom. The molecule has 0 atom stereocenters. The van der Waals surface area contributed by atoms with Crippen LogP contribution in [0.25, 0.3) is 0 Å². The fourth-order valence-electron chi connectivity index (χ4n) is 2.35. The number of carbonyl (C=O) groups excluding carboxylic acids is 2. The van der Waals surface area contributed by atoms with E-state index >= 15 is 0 Å². The van der Waals surface area contributed by atoms with Crippen LogP contribution < -0.4 is 15.1 Å². The second-order valence-corrected chi connectivity index (χ2v) is 6.14. The molecule has 2 aromatic heterocycles. The first-order valence-corrected chi connectivity index (χ1v) is 8.10. The summed E-state index contributed by atoms with van der Waals surface area (Å²) in [5.41, 5.74) is 2.04. The van der Waals surface area contributed by atoms with E-state index in [0.717, 1.165) is 11.4 Å². The normalized spacial score (nSPS) is 14.5. The van der Waals surface area contributed by atoms with Gasteiger partial charge < -0.3 is 10.2 Å². The van der Waals surface area contributed by atoms with E-state index in [2.05, 4.69) is 15.3 Å². The number of amides is 2. The monoisotopic (exact) mass is 331 g/mol. The van der Waals surface area contributed by atoms with E-state index in [9.17, 15) is 9.59 Å². The number of aromatic nitrogens is 2. The largest absolute Gasteiger partial charge is 0.360 e. The quantitative estimate of drug-likeness (QED) is 0.910. The highest BCUT2D eigenvalue weighted by atomic mass is 32.1. The molecule has 23 heavy (non-hydrogen) atoms. The topological polar surface area (TPSA) is 78.4 Å². The molecule has 8 heteroatoms. The molecule has 1 fully saturated rings. The molecule has 120 valence electrons. The first-order chi connectivity index (χ1) is 11.0. The molecule has 1 aliphatic rings. The van der Waals surface area contributed by atoms with Crippen molar-refractivity contribution in [1.29, 1.82) is 0 Å². The molecule has 1 saturated heterocycles. The van der Waals surface area contributed by atoms with Gasteiger partial charge in [0.1, 0.15) is 5.69 Å². The van der Waals surface area contributed by atoms with Gasteiger partial charge in [-0.25, -0.2) is 4.98 Å². The lowest BCUT2D eigenvalue weighted by Gasteiger charge is -2.28. The number of hydrogen-bond acceptors (Lipinski definition) is 6. The summed E-state index contributed by atoms with van der Waals surface area (Å²) in [7, 11) is 1.68. The number of nitrogens with one attached hydrogen (secondary N) is 1. The molecule has 7 nitrogen and oxygen atoms in total. The van der Waals surface area contributed by atoms with Gasteiger partial charge in [0.25, 0.3) is 5.91 Å². The minimum atomic E-state index is -0.220. The van der Waals surface area contributed by atoms with Crippen LogP contribution >= 0.6 is 11.3 Å². The fraction of sp³-hybridized carbons (Fsp3) is 0.333. The van der Waals surface area contributed by atoms with Gasteiger partial charge >= 0.3 is 0 Å².